The Hall–Kier alpha value is -2.14. The molecule has 0 aliphatic rings. The highest BCUT2D eigenvalue weighted by atomic mass is 16.5. The highest BCUT2D eigenvalue weighted by molar-refractivity contribution is 5.41. The van der Waals surface area contributed by atoms with Gasteiger partial charge in [-0.05, 0) is 25.0 Å². The molecule has 1 heterocycles. The highest BCUT2D eigenvalue weighted by Gasteiger charge is 2.00. The maximum atomic E-state index is 5.63. The van der Waals surface area contributed by atoms with Crippen molar-refractivity contribution in [2.75, 3.05) is 17.7 Å². The van der Waals surface area contributed by atoms with Crippen molar-refractivity contribution in [3.05, 3.63) is 47.2 Å². The van der Waals surface area contributed by atoms with E-state index in [0.29, 0.717) is 13.2 Å². The summed E-state index contributed by atoms with van der Waals surface area (Å²) >= 11 is 0. The van der Waals surface area contributed by atoms with Crippen molar-refractivity contribution in [3.8, 4) is 0 Å². The second-order valence-corrected chi connectivity index (χ2v) is 4.56. The fraction of sp³-hybridized carbons (Fsp3) is 0.333. The number of aromatic nitrogens is 2. The summed E-state index contributed by atoms with van der Waals surface area (Å²) in [6, 6.07) is 10.2. The number of aryl methyl sites for hydroxylation is 1. The Balaban J connectivity index is 1.99. The number of nitrogens with two attached hydrogens (primary N) is 1. The first-order valence-electron chi connectivity index (χ1n) is 6.68. The number of ether oxygens (including phenoxy) is 1. The third-order valence-electron chi connectivity index (χ3n) is 2.81. The van der Waals surface area contributed by atoms with Crippen molar-refractivity contribution in [2.24, 2.45) is 0 Å². The van der Waals surface area contributed by atoms with Crippen molar-refractivity contribution in [2.45, 2.75) is 27.0 Å². The number of rotatable bonds is 6. The Morgan fingerprint density at radius 3 is 2.75 bits per heavy atom. The van der Waals surface area contributed by atoms with Gasteiger partial charge in [-0.15, -0.1) is 0 Å². The van der Waals surface area contributed by atoms with Gasteiger partial charge in [0.2, 0.25) is 5.95 Å². The summed E-state index contributed by atoms with van der Waals surface area (Å²) in [6.45, 7) is 5.95. The highest BCUT2D eigenvalue weighted by Crippen LogP contribution is 2.11. The first-order valence-corrected chi connectivity index (χ1v) is 6.68. The molecular weight excluding hydrogens is 252 g/mol. The maximum Gasteiger partial charge on any atom is 0.222 e. The molecule has 1 aromatic heterocycles. The molecule has 1 aromatic carbocycles. The number of hydrogen-bond donors (Lipinski definition) is 2. The van der Waals surface area contributed by atoms with E-state index < -0.39 is 0 Å². The van der Waals surface area contributed by atoms with Crippen LogP contribution >= 0.6 is 0 Å². The smallest absolute Gasteiger partial charge is 0.222 e. The van der Waals surface area contributed by atoms with Gasteiger partial charge in [-0.25, -0.2) is 4.98 Å². The van der Waals surface area contributed by atoms with Crippen molar-refractivity contribution in [1.82, 2.24) is 9.97 Å². The lowest BCUT2D eigenvalue weighted by Crippen LogP contribution is -2.05. The molecule has 0 fully saturated rings. The molecule has 0 bridgehead atoms. The second-order valence-electron chi connectivity index (χ2n) is 4.56. The zero-order valence-electron chi connectivity index (χ0n) is 11.9. The summed E-state index contributed by atoms with van der Waals surface area (Å²) in [7, 11) is 0. The molecule has 0 unspecified atom stereocenters. The lowest BCUT2D eigenvalue weighted by molar-refractivity contribution is 0.134. The molecule has 0 spiro atoms. The van der Waals surface area contributed by atoms with E-state index in [2.05, 4.69) is 33.5 Å². The van der Waals surface area contributed by atoms with E-state index >= 15 is 0 Å². The molecular formula is C15H20N4O. The lowest BCUT2D eigenvalue weighted by Gasteiger charge is -2.08. The normalized spacial score (nSPS) is 10.5. The first-order chi connectivity index (χ1) is 9.67. The van der Waals surface area contributed by atoms with Crippen LogP contribution in [0.5, 0.6) is 0 Å². The predicted octanol–water partition coefficient (Wildman–Crippen LogP) is 2.52. The molecule has 2 rings (SSSR count). The molecule has 5 nitrogen and oxygen atoms in total. The minimum absolute atomic E-state index is 0.289. The fourth-order valence-corrected chi connectivity index (χ4v) is 1.92. The SMILES string of the molecule is CCOCc1cccc(CNc2cc(C)nc(N)n2)c1. The average Bonchev–Trinajstić information content (AvgIpc) is 2.42. The van der Waals surface area contributed by atoms with E-state index in [1.54, 1.807) is 0 Å². The molecule has 106 valence electrons. The number of benzene rings is 1. The van der Waals surface area contributed by atoms with Gasteiger partial charge in [-0.1, -0.05) is 24.3 Å². The molecule has 3 N–H and O–H groups in total. The van der Waals surface area contributed by atoms with Crippen LogP contribution in [0.3, 0.4) is 0 Å². The van der Waals surface area contributed by atoms with Gasteiger partial charge in [0.25, 0.3) is 0 Å². The van der Waals surface area contributed by atoms with Crippen LogP contribution in [0.4, 0.5) is 11.8 Å². The van der Waals surface area contributed by atoms with Crippen LogP contribution in [0.15, 0.2) is 30.3 Å². The largest absolute Gasteiger partial charge is 0.377 e. The third kappa shape index (κ3) is 4.20. The fourth-order valence-electron chi connectivity index (χ4n) is 1.92. The molecule has 0 saturated carbocycles. The van der Waals surface area contributed by atoms with Gasteiger partial charge in [0.15, 0.2) is 0 Å². The zero-order valence-corrected chi connectivity index (χ0v) is 11.9. The van der Waals surface area contributed by atoms with Gasteiger partial charge >= 0.3 is 0 Å². The van der Waals surface area contributed by atoms with Crippen LogP contribution in [-0.2, 0) is 17.9 Å². The summed E-state index contributed by atoms with van der Waals surface area (Å²) in [5.41, 5.74) is 8.83. The lowest BCUT2D eigenvalue weighted by atomic mass is 10.1. The van der Waals surface area contributed by atoms with E-state index in [4.69, 9.17) is 10.5 Å². The van der Waals surface area contributed by atoms with Crippen LogP contribution in [-0.4, -0.2) is 16.6 Å². The third-order valence-corrected chi connectivity index (χ3v) is 2.81. The summed E-state index contributed by atoms with van der Waals surface area (Å²) < 4.78 is 5.41. The van der Waals surface area contributed by atoms with Crippen LogP contribution in [0.25, 0.3) is 0 Å². The Morgan fingerprint density at radius 2 is 2.00 bits per heavy atom. The molecule has 0 atom stereocenters. The monoisotopic (exact) mass is 272 g/mol. The molecule has 20 heavy (non-hydrogen) atoms. The molecule has 0 aliphatic heterocycles. The van der Waals surface area contributed by atoms with Crippen LogP contribution in [0.2, 0.25) is 0 Å². The number of hydrogen-bond acceptors (Lipinski definition) is 5. The van der Waals surface area contributed by atoms with Gasteiger partial charge in [-0.2, -0.15) is 4.98 Å². The number of nitrogens with one attached hydrogen (secondary N) is 1. The Morgan fingerprint density at radius 1 is 1.20 bits per heavy atom. The van der Waals surface area contributed by atoms with Crippen molar-refractivity contribution in [1.29, 1.82) is 0 Å². The van der Waals surface area contributed by atoms with Crippen molar-refractivity contribution < 1.29 is 4.74 Å². The van der Waals surface area contributed by atoms with Crippen LogP contribution in [0.1, 0.15) is 23.7 Å². The van der Waals surface area contributed by atoms with Crippen LogP contribution < -0.4 is 11.1 Å². The van der Waals surface area contributed by atoms with Gasteiger partial charge in [-0.3, -0.25) is 0 Å². The average molecular weight is 272 g/mol. The van der Waals surface area contributed by atoms with E-state index in [1.807, 2.05) is 26.0 Å². The number of anilines is 2. The maximum absolute atomic E-state index is 5.63. The minimum Gasteiger partial charge on any atom is -0.377 e. The summed E-state index contributed by atoms with van der Waals surface area (Å²) in [5, 5.41) is 3.25. The minimum atomic E-state index is 0.289. The van der Waals surface area contributed by atoms with Gasteiger partial charge in [0.1, 0.15) is 5.82 Å². The summed E-state index contributed by atoms with van der Waals surface area (Å²) in [6.07, 6.45) is 0. The van der Waals surface area contributed by atoms with E-state index in [-0.39, 0.29) is 5.95 Å². The molecule has 0 amide bonds. The number of nitrogen functional groups attached to an aromatic ring is 1. The second kappa shape index (κ2) is 6.86. The topological polar surface area (TPSA) is 73.1 Å². The first kappa shape index (κ1) is 14.3. The van der Waals surface area contributed by atoms with E-state index in [0.717, 1.165) is 18.1 Å². The number of nitrogens with zero attached hydrogens (tertiary/aromatic N) is 2. The summed E-state index contributed by atoms with van der Waals surface area (Å²) in [5.74, 6) is 1.03. The molecule has 2 aromatic rings. The van der Waals surface area contributed by atoms with E-state index in [9.17, 15) is 0 Å². The van der Waals surface area contributed by atoms with Gasteiger partial charge in [0, 0.05) is 24.9 Å². The predicted molar refractivity (Wildman–Crippen MR) is 80.3 cm³/mol. The Bertz CT molecular complexity index is 551. The summed E-state index contributed by atoms with van der Waals surface area (Å²) in [4.78, 5) is 8.20. The van der Waals surface area contributed by atoms with Crippen molar-refractivity contribution >= 4 is 11.8 Å². The molecule has 0 radical (unpaired) electrons. The molecule has 0 aliphatic carbocycles. The standard InChI is InChI=1S/C15H20N4O/c1-3-20-10-13-6-4-5-12(8-13)9-17-14-7-11(2)18-15(16)19-14/h4-8H,3,9-10H2,1-2H3,(H3,16,17,18,19). The van der Waals surface area contributed by atoms with E-state index in [1.165, 1.54) is 11.1 Å². The Kier molecular flexibility index (Phi) is 4.90. The van der Waals surface area contributed by atoms with Gasteiger partial charge < -0.3 is 15.8 Å². The zero-order chi connectivity index (χ0) is 14.4. The van der Waals surface area contributed by atoms with Crippen LogP contribution in [0, 0.1) is 6.92 Å². The van der Waals surface area contributed by atoms with Gasteiger partial charge in [0.05, 0.1) is 6.61 Å². The Labute approximate surface area is 119 Å². The molecule has 5 heteroatoms. The molecule has 0 saturated heterocycles. The quantitative estimate of drug-likeness (QED) is 0.845. The van der Waals surface area contributed by atoms with Crippen molar-refractivity contribution in [3.63, 3.8) is 0 Å².